The predicted octanol–water partition coefficient (Wildman–Crippen LogP) is 1.01. The van der Waals surface area contributed by atoms with Crippen LogP contribution >= 0.6 is 0 Å². The lowest BCUT2D eigenvalue weighted by Gasteiger charge is -2.11. The zero-order valence-electron chi connectivity index (χ0n) is 15.8. The van der Waals surface area contributed by atoms with Gasteiger partial charge in [0, 0.05) is 11.6 Å². The molecule has 1 fully saturated rings. The summed E-state index contributed by atoms with van der Waals surface area (Å²) in [6.45, 7) is -0.227. The molecule has 4 N–H and O–H groups in total. The third kappa shape index (κ3) is 5.93. The summed E-state index contributed by atoms with van der Waals surface area (Å²) >= 11 is 0. The Hall–Kier alpha value is -3.11. The van der Waals surface area contributed by atoms with Gasteiger partial charge in [-0.25, -0.2) is 13.1 Å². The average molecular weight is 418 g/mol. The van der Waals surface area contributed by atoms with Crippen LogP contribution in [0.3, 0.4) is 0 Å². The monoisotopic (exact) mass is 418 g/mol. The quantitative estimate of drug-likeness (QED) is 0.451. The molecule has 2 amide bonds. The number of sulfonamides is 1. The number of hydrazine groups is 1. The SMILES string of the molecule is COc1ccc(C(=O)NCC(=O)NNc2ccc(S(=O)(=O)NC3CC3)cc2)cc1. The van der Waals surface area contributed by atoms with Crippen LogP contribution in [0.15, 0.2) is 53.4 Å². The van der Waals surface area contributed by atoms with Crippen molar-refractivity contribution in [2.45, 2.75) is 23.8 Å². The topological polar surface area (TPSA) is 126 Å². The van der Waals surface area contributed by atoms with Crippen molar-refractivity contribution >= 4 is 27.5 Å². The minimum Gasteiger partial charge on any atom is -0.497 e. The van der Waals surface area contributed by atoms with E-state index in [1.165, 1.54) is 31.4 Å². The molecule has 154 valence electrons. The lowest BCUT2D eigenvalue weighted by molar-refractivity contribution is -0.119. The number of hydrogen-bond acceptors (Lipinski definition) is 6. The van der Waals surface area contributed by atoms with Crippen LogP contribution in [-0.4, -0.2) is 39.9 Å². The molecule has 0 heterocycles. The summed E-state index contributed by atoms with van der Waals surface area (Å²) < 4.78 is 31.9. The molecule has 1 aliphatic rings. The van der Waals surface area contributed by atoms with E-state index in [2.05, 4.69) is 20.9 Å². The molecule has 0 spiro atoms. The van der Waals surface area contributed by atoms with Gasteiger partial charge in [-0.3, -0.25) is 20.4 Å². The van der Waals surface area contributed by atoms with Gasteiger partial charge in [0.1, 0.15) is 5.75 Å². The zero-order chi connectivity index (χ0) is 20.9. The van der Waals surface area contributed by atoms with Crippen LogP contribution in [0.2, 0.25) is 0 Å². The van der Waals surface area contributed by atoms with Gasteiger partial charge >= 0.3 is 0 Å². The molecule has 3 rings (SSSR count). The molecule has 29 heavy (non-hydrogen) atoms. The molecular weight excluding hydrogens is 396 g/mol. The van der Waals surface area contributed by atoms with Gasteiger partial charge in [-0.2, -0.15) is 0 Å². The van der Waals surface area contributed by atoms with Crippen molar-refractivity contribution in [1.82, 2.24) is 15.5 Å². The average Bonchev–Trinajstić information content (AvgIpc) is 3.54. The molecule has 0 radical (unpaired) electrons. The molecule has 0 saturated heterocycles. The van der Waals surface area contributed by atoms with Crippen LogP contribution < -0.4 is 25.6 Å². The fourth-order valence-corrected chi connectivity index (χ4v) is 3.70. The zero-order valence-corrected chi connectivity index (χ0v) is 16.6. The highest BCUT2D eigenvalue weighted by atomic mass is 32.2. The van der Waals surface area contributed by atoms with E-state index in [0.29, 0.717) is 17.0 Å². The van der Waals surface area contributed by atoms with Crippen molar-refractivity contribution < 1.29 is 22.7 Å². The van der Waals surface area contributed by atoms with Gasteiger partial charge in [0.05, 0.1) is 24.2 Å². The first-order valence-corrected chi connectivity index (χ1v) is 10.5. The number of amides is 2. The first-order chi connectivity index (χ1) is 13.9. The molecule has 1 saturated carbocycles. The van der Waals surface area contributed by atoms with Crippen LogP contribution in [0.1, 0.15) is 23.2 Å². The molecule has 1 aliphatic carbocycles. The van der Waals surface area contributed by atoms with Gasteiger partial charge in [-0.1, -0.05) is 0 Å². The molecule has 0 unspecified atom stereocenters. The van der Waals surface area contributed by atoms with Gasteiger partial charge in [0.25, 0.3) is 11.8 Å². The molecular formula is C19H22N4O5S. The highest BCUT2D eigenvalue weighted by Crippen LogP contribution is 2.22. The molecule has 2 aromatic carbocycles. The van der Waals surface area contributed by atoms with Crippen LogP contribution in [0.25, 0.3) is 0 Å². The van der Waals surface area contributed by atoms with E-state index < -0.39 is 15.9 Å². The molecule has 0 aliphatic heterocycles. The van der Waals surface area contributed by atoms with Gasteiger partial charge in [-0.05, 0) is 61.4 Å². The fourth-order valence-electron chi connectivity index (χ4n) is 2.40. The van der Waals surface area contributed by atoms with Crippen molar-refractivity contribution in [3.05, 3.63) is 54.1 Å². The first-order valence-electron chi connectivity index (χ1n) is 8.97. The van der Waals surface area contributed by atoms with Crippen molar-refractivity contribution in [2.75, 3.05) is 19.1 Å². The maximum Gasteiger partial charge on any atom is 0.257 e. The summed E-state index contributed by atoms with van der Waals surface area (Å²) in [5, 5.41) is 2.51. The Morgan fingerprint density at radius 2 is 1.69 bits per heavy atom. The van der Waals surface area contributed by atoms with E-state index in [1.54, 1.807) is 24.3 Å². The molecule has 2 aromatic rings. The Labute approximate surface area is 168 Å². The number of anilines is 1. The Kier molecular flexibility index (Phi) is 6.35. The third-order valence-electron chi connectivity index (χ3n) is 4.17. The van der Waals surface area contributed by atoms with Crippen molar-refractivity contribution in [2.24, 2.45) is 0 Å². The van der Waals surface area contributed by atoms with Gasteiger partial charge in [-0.15, -0.1) is 0 Å². The number of carbonyl (C=O) groups excluding carboxylic acids is 2. The number of hydrogen-bond donors (Lipinski definition) is 4. The third-order valence-corrected chi connectivity index (χ3v) is 5.71. The Bertz CT molecular complexity index is 971. The van der Waals surface area contributed by atoms with Crippen LogP contribution in [0.4, 0.5) is 5.69 Å². The maximum atomic E-state index is 12.1. The van der Waals surface area contributed by atoms with Crippen molar-refractivity contribution in [1.29, 1.82) is 0 Å². The van der Waals surface area contributed by atoms with E-state index in [4.69, 9.17) is 4.74 Å². The highest BCUT2D eigenvalue weighted by molar-refractivity contribution is 7.89. The van der Waals surface area contributed by atoms with Crippen molar-refractivity contribution in [3.8, 4) is 5.75 Å². The number of methoxy groups -OCH3 is 1. The summed E-state index contributed by atoms with van der Waals surface area (Å²) in [7, 11) is -1.98. The lowest BCUT2D eigenvalue weighted by atomic mass is 10.2. The first kappa shape index (κ1) is 20.6. The number of carbonyl (C=O) groups is 2. The van der Waals surface area contributed by atoms with Crippen LogP contribution in [0.5, 0.6) is 5.75 Å². The minimum atomic E-state index is -3.51. The molecule has 0 bridgehead atoms. The van der Waals surface area contributed by atoms with E-state index >= 15 is 0 Å². The van der Waals surface area contributed by atoms with Gasteiger partial charge < -0.3 is 10.1 Å². The largest absolute Gasteiger partial charge is 0.497 e. The predicted molar refractivity (Wildman–Crippen MR) is 107 cm³/mol. The molecule has 0 aromatic heterocycles. The van der Waals surface area contributed by atoms with Gasteiger partial charge in [0.2, 0.25) is 10.0 Å². The summed E-state index contributed by atoms with van der Waals surface area (Å²) in [4.78, 5) is 24.1. The van der Waals surface area contributed by atoms with E-state index in [9.17, 15) is 18.0 Å². The molecule has 9 nitrogen and oxygen atoms in total. The number of benzene rings is 2. The number of nitrogens with one attached hydrogen (secondary N) is 4. The van der Waals surface area contributed by atoms with E-state index in [1.807, 2.05) is 0 Å². The second-order valence-electron chi connectivity index (χ2n) is 6.50. The fraction of sp³-hybridized carbons (Fsp3) is 0.263. The van der Waals surface area contributed by atoms with Crippen LogP contribution in [-0.2, 0) is 14.8 Å². The lowest BCUT2D eigenvalue weighted by Crippen LogP contribution is -2.39. The minimum absolute atomic E-state index is 0.0326. The van der Waals surface area contributed by atoms with E-state index in [0.717, 1.165) is 12.8 Å². The smallest absolute Gasteiger partial charge is 0.257 e. The Morgan fingerprint density at radius 1 is 1.03 bits per heavy atom. The summed E-state index contributed by atoms with van der Waals surface area (Å²) in [6.07, 6.45) is 1.72. The summed E-state index contributed by atoms with van der Waals surface area (Å²) in [5.74, 6) is -0.217. The second-order valence-corrected chi connectivity index (χ2v) is 8.22. The second kappa shape index (κ2) is 8.93. The molecule has 0 atom stereocenters. The number of ether oxygens (including phenoxy) is 1. The maximum absolute atomic E-state index is 12.1. The Balaban J connectivity index is 1.44. The summed E-state index contributed by atoms with van der Waals surface area (Å²) in [6, 6.07) is 12.5. The van der Waals surface area contributed by atoms with Gasteiger partial charge in [0.15, 0.2) is 0 Å². The Morgan fingerprint density at radius 3 is 2.28 bits per heavy atom. The van der Waals surface area contributed by atoms with E-state index in [-0.39, 0.29) is 23.4 Å². The highest BCUT2D eigenvalue weighted by Gasteiger charge is 2.27. The standard InChI is InChI=1S/C19H22N4O5S/c1-28-16-8-2-13(3-9-16)19(25)20-12-18(24)22-21-14-6-10-17(11-7-14)29(26,27)23-15-4-5-15/h2-3,6-11,15,21,23H,4-5,12H2,1H3,(H,20,25)(H,22,24). The molecule has 10 heteroatoms. The van der Waals surface area contributed by atoms with Crippen molar-refractivity contribution in [3.63, 3.8) is 0 Å². The summed E-state index contributed by atoms with van der Waals surface area (Å²) in [5.41, 5.74) is 6.02. The normalized spacial score (nSPS) is 13.4. The van der Waals surface area contributed by atoms with Crippen LogP contribution in [0, 0.1) is 0 Å². The number of rotatable bonds is 9.